The molecule has 0 aromatic carbocycles. The monoisotopic (exact) mass is 355 g/mol. The molecule has 0 spiro atoms. The molecule has 1 unspecified atom stereocenters. The minimum absolute atomic E-state index is 0.0706. The molecule has 8 nitrogen and oxygen atoms in total. The lowest BCUT2D eigenvalue weighted by molar-refractivity contribution is 0.0927. The summed E-state index contributed by atoms with van der Waals surface area (Å²) in [6.45, 7) is 2.73. The molecule has 3 aromatic rings. The number of nitrogens with zero attached hydrogens (tertiary/aromatic N) is 6. The number of rotatable bonds is 3. The maximum absolute atomic E-state index is 12.3. The van der Waals surface area contributed by atoms with E-state index in [4.69, 9.17) is 0 Å². The molecule has 1 aliphatic rings. The van der Waals surface area contributed by atoms with Crippen LogP contribution in [0.25, 0.3) is 11.5 Å². The zero-order valence-electron chi connectivity index (χ0n) is 13.7. The van der Waals surface area contributed by atoms with Crippen LogP contribution in [0.5, 0.6) is 0 Å². The number of carbonyl (C=O) groups excluding carboxylic acids is 1. The molecule has 1 aliphatic heterocycles. The number of amides is 1. The molecule has 0 aliphatic carbocycles. The molecular formula is C16H17N7OS. The summed E-state index contributed by atoms with van der Waals surface area (Å²) in [5.74, 6) is 1.56. The quantitative estimate of drug-likeness (QED) is 0.767. The highest BCUT2D eigenvalue weighted by Crippen LogP contribution is 2.24. The molecule has 4 rings (SSSR count). The number of aryl methyl sites for hydroxylation is 2. The van der Waals surface area contributed by atoms with Crippen LogP contribution >= 0.6 is 11.3 Å². The molecule has 0 saturated heterocycles. The van der Waals surface area contributed by atoms with Crippen molar-refractivity contribution in [2.75, 3.05) is 0 Å². The molecule has 4 heterocycles. The Bertz CT molecular complexity index is 889. The molecule has 1 amide bonds. The molecule has 9 heteroatoms. The largest absolute Gasteiger partial charge is 0.348 e. The van der Waals surface area contributed by atoms with Gasteiger partial charge in [0.1, 0.15) is 17.2 Å². The highest BCUT2D eigenvalue weighted by Gasteiger charge is 2.23. The zero-order valence-corrected chi connectivity index (χ0v) is 14.5. The number of nitrogens with one attached hydrogen (secondary N) is 1. The first-order chi connectivity index (χ1) is 12.2. The van der Waals surface area contributed by atoms with Crippen LogP contribution in [0.4, 0.5) is 0 Å². The van der Waals surface area contributed by atoms with Crippen molar-refractivity contribution in [3.63, 3.8) is 0 Å². The Hall–Kier alpha value is -2.68. The smallest absolute Gasteiger partial charge is 0.271 e. The summed E-state index contributed by atoms with van der Waals surface area (Å²) in [4.78, 5) is 24.8. The Labute approximate surface area is 148 Å². The zero-order chi connectivity index (χ0) is 17.2. The van der Waals surface area contributed by atoms with Crippen LogP contribution in [0, 0.1) is 6.92 Å². The standard InChI is InChI=1S/C16H17N7OS/c1-10-19-13(9-25-10)15-22-21-14-3-2-11(4-7-23(14)15)20-16(24)12-8-17-5-6-18-12/h5-6,8-9,11H,2-4,7H2,1H3,(H,20,24). The van der Waals surface area contributed by atoms with E-state index in [-0.39, 0.29) is 11.9 Å². The normalized spacial score (nSPS) is 16.9. The van der Waals surface area contributed by atoms with Gasteiger partial charge in [0.25, 0.3) is 5.91 Å². The van der Waals surface area contributed by atoms with E-state index in [0.717, 1.165) is 48.2 Å². The second-order valence-corrected chi connectivity index (χ2v) is 6.99. The summed E-state index contributed by atoms with van der Waals surface area (Å²) in [6.07, 6.45) is 6.94. The van der Waals surface area contributed by atoms with Gasteiger partial charge in [-0.15, -0.1) is 21.5 Å². The SMILES string of the molecule is Cc1nc(-c2nnc3n2CCC(NC(=O)c2cnccn2)CC3)cs1. The van der Waals surface area contributed by atoms with E-state index in [1.54, 1.807) is 17.5 Å². The fourth-order valence-electron chi connectivity index (χ4n) is 2.96. The van der Waals surface area contributed by atoms with Crippen molar-refractivity contribution in [2.24, 2.45) is 0 Å². The molecule has 0 saturated carbocycles. The second-order valence-electron chi connectivity index (χ2n) is 5.93. The minimum Gasteiger partial charge on any atom is -0.348 e. The minimum atomic E-state index is -0.189. The van der Waals surface area contributed by atoms with Gasteiger partial charge in [0.2, 0.25) is 0 Å². The van der Waals surface area contributed by atoms with Crippen LogP contribution in [-0.4, -0.2) is 41.7 Å². The molecule has 0 bridgehead atoms. The van der Waals surface area contributed by atoms with Crippen LogP contribution in [-0.2, 0) is 13.0 Å². The van der Waals surface area contributed by atoms with E-state index in [0.29, 0.717) is 5.69 Å². The van der Waals surface area contributed by atoms with Crippen molar-refractivity contribution in [1.82, 2.24) is 35.0 Å². The first-order valence-electron chi connectivity index (χ1n) is 8.12. The highest BCUT2D eigenvalue weighted by atomic mass is 32.1. The van der Waals surface area contributed by atoms with Gasteiger partial charge in [-0.2, -0.15) is 0 Å². The summed E-state index contributed by atoms with van der Waals surface area (Å²) in [5, 5.41) is 14.7. The molecule has 128 valence electrons. The van der Waals surface area contributed by atoms with Crippen molar-refractivity contribution < 1.29 is 4.79 Å². The molecule has 1 atom stereocenters. The molecule has 0 fully saturated rings. The van der Waals surface area contributed by atoms with Crippen LogP contribution < -0.4 is 5.32 Å². The van der Waals surface area contributed by atoms with Gasteiger partial charge in [0, 0.05) is 36.8 Å². The third kappa shape index (κ3) is 3.27. The maximum Gasteiger partial charge on any atom is 0.271 e. The van der Waals surface area contributed by atoms with E-state index in [2.05, 4.69) is 35.0 Å². The lowest BCUT2D eigenvalue weighted by Gasteiger charge is -2.15. The van der Waals surface area contributed by atoms with Gasteiger partial charge < -0.3 is 9.88 Å². The van der Waals surface area contributed by atoms with Gasteiger partial charge in [0.15, 0.2) is 5.82 Å². The summed E-state index contributed by atoms with van der Waals surface area (Å²) in [5.41, 5.74) is 1.20. The summed E-state index contributed by atoms with van der Waals surface area (Å²) < 4.78 is 2.11. The summed E-state index contributed by atoms with van der Waals surface area (Å²) in [6, 6.07) is 0.0706. The third-order valence-corrected chi connectivity index (χ3v) is 5.00. The van der Waals surface area contributed by atoms with Crippen LogP contribution in [0.15, 0.2) is 24.0 Å². The predicted octanol–water partition coefficient (Wildman–Crippen LogP) is 1.63. The Morgan fingerprint density at radius 2 is 2.24 bits per heavy atom. The van der Waals surface area contributed by atoms with E-state index >= 15 is 0 Å². The van der Waals surface area contributed by atoms with Crippen LogP contribution in [0.1, 0.15) is 34.2 Å². The average molecular weight is 355 g/mol. The third-order valence-electron chi connectivity index (χ3n) is 4.22. The van der Waals surface area contributed by atoms with Crippen molar-refractivity contribution in [1.29, 1.82) is 0 Å². The molecule has 1 N–H and O–H groups in total. The fraction of sp³-hybridized carbons (Fsp3) is 0.375. The molecule has 25 heavy (non-hydrogen) atoms. The van der Waals surface area contributed by atoms with Gasteiger partial charge in [-0.25, -0.2) is 9.97 Å². The first-order valence-corrected chi connectivity index (χ1v) is 9.00. The van der Waals surface area contributed by atoms with E-state index in [9.17, 15) is 4.79 Å². The number of fused-ring (bicyclic) bond motifs is 1. The Morgan fingerprint density at radius 3 is 3.00 bits per heavy atom. The number of aromatic nitrogens is 6. The van der Waals surface area contributed by atoms with Crippen molar-refractivity contribution in [3.05, 3.63) is 40.5 Å². The van der Waals surface area contributed by atoms with Crippen LogP contribution in [0.3, 0.4) is 0 Å². The molecule has 3 aromatic heterocycles. The number of hydrogen-bond acceptors (Lipinski definition) is 7. The van der Waals surface area contributed by atoms with Crippen molar-refractivity contribution >= 4 is 17.2 Å². The van der Waals surface area contributed by atoms with Crippen LogP contribution in [0.2, 0.25) is 0 Å². The van der Waals surface area contributed by atoms with E-state index in [1.165, 1.54) is 12.4 Å². The Balaban J connectivity index is 1.47. The van der Waals surface area contributed by atoms with Gasteiger partial charge >= 0.3 is 0 Å². The topological polar surface area (TPSA) is 98.5 Å². The summed E-state index contributed by atoms with van der Waals surface area (Å²) >= 11 is 1.60. The lowest BCUT2D eigenvalue weighted by atomic mass is 10.1. The maximum atomic E-state index is 12.3. The Kier molecular flexibility index (Phi) is 4.22. The number of hydrogen-bond donors (Lipinski definition) is 1. The van der Waals surface area contributed by atoms with Gasteiger partial charge in [-0.3, -0.25) is 9.78 Å². The van der Waals surface area contributed by atoms with Gasteiger partial charge in [-0.1, -0.05) is 0 Å². The van der Waals surface area contributed by atoms with E-state index in [1.807, 2.05) is 12.3 Å². The number of carbonyl (C=O) groups is 1. The fourth-order valence-corrected chi connectivity index (χ4v) is 3.55. The van der Waals surface area contributed by atoms with Gasteiger partial charge in [-0.05, 0) is 19.8 Å². The average Bonchev–Trinajstić information content (AvgIpc) is 3.18. The van der Waals surface area contributed by atoms with Crippen molar-refractivity contribution in [3.8, 4) is 11.5 Å². The van der Waals surface area contributed by atoms with Gasteiger partial charge in [0.05, 0.1) is 11.2 Å². The van der Waals surface area contributed by atoms with E-state index < -0.39 is 0 Å². The number of thiazole rings is 1. The summed E-state index contributed by atoms with van der Waals surface area (Å²) in [7, 11) is 0. The lowest BCUT2D eigenvalue weighted by Crippen LogP contribution is -2.35. The predicted molar refractivity (Wildman–Crippen MR) is 92.1 cm³/mol. The Morgan fingerprint density at radius 1 is 1.32 bits per heavy atom. The molecular weight excluding hydrogens is 338 g/mol. The second kappa shape index (κ2) is 6.67. The highest BCUT2D eigenvalue weighted by molar-refractivity contribution is 7.09. The van der Waals surface area contributed by atoms with Crippen molar-refractivity contribution in [2.45, 2.75) is 38.8 Å². The molecule has 0 radical (unpaired) electrons. The first kappa shape index (κ1) is 15.8.